The predicted molar refractivity (Wildman–Crippen MR) is 41.4 cm³/mol. The summed E-state index contributed by atoms with van der Waals surface area (Å²) in [5.41, 5.74) is 5.19. The fraction of sp³-hybridized carbons (Fsp3) is 0.857. The van der Waals surface area contributed by atoms with Gasteiger partial charge in [0.05, 0.1) is 0 Å². The van der Waals surface area contributed by atoms with Crippen LogP contribution < -0.4 is 5.73 Å². The first-order valence-electron chi connectivity index (χ1n) is 3.76. The number of hydrogen-bond acceptors (Lipinski definition) is 3. The zero-order valence-electron chi connectivity index (χ0n) is 7.37. The molecule has 0 spiro atoms. The Bertz CT molecular complexity index is 196. The molecular weight excluding hydrogens is 184 g/mol. The first kappa shape index (κ1) is 12.2. The molecule has 0 fully saturated rings. The van der Waals surface area contributed by atoms with Gasteiger partial charge in [-0.05, 0) is 5.92 Å². The Labute approximate surface area is 74.3 Å². The highest BCUT2D eigenvalue weighted by Gasteiger charge is 2.50. The van der Waals surface area contributed by atoms with E-state index in [0.717, 1.165) is 0 Å². The van der Waals surface area contributed by atoms with E-state index in [4.69, 9.17) is 15.9 Å². The summed E-state index contributed by atoms with van der Waals surface area (Å²) in [6.45, 7) is 3.04. The lowest BCUT2D eigenvalue weighted by atomic mass is 9.95. The molecule has 4 nitrogen and oxygen atoms in total. The highest BCUT2D eigenvalue weighted by molar-refractivity contribution is 5.76. The average molecular weight is 197 g/mol. The molecule has 0 radical (unpaired) electrons. The maximum absolute atomic E-state index is 12.6. The predicted octanol–water partition coefficient (Wildman–Crippen LogP) is 0.0505. The van der Waals surface area contributed by atoms with E-state index in [2.05, 4.69) is 0 Å². The molecule has 0 aromatic rings. The standard InChI is InChI=1S/C7H13F2NO3/c1-3(2)4(10)5(11)7(8,9)6(12)13/h3-5,11H,10H2,1-2H3,(H,12,13). The van der Waals surface area contributed by atoms with Crippen LogP contribution in [0.15, 0.2) is 0 Å². The number of aliphatic hydroxyl groups is 1. The molecule has 2 atom stereocenters. The lowest BCUT2D eigenvalue weighted by molar-refractivity contribution is -0.185. The molecule has 0 aliphatic carbocycles. The van der Waals surface area contributed by atoms with Gasteiger partial charge in [-0.25, -0.2) is 4.79 Å². The van der Waals surface area contributed by atoms with Crippen LogP contribution >= 0.6 is 0 Å². The van der Waals surface area contributed by atoms with Gasteiger partial charge in [-0.2, -0.15) is 8.78 Å². The number of aliphatic carboxylic acids is 1. The molecule has 0 aromatic heterocycles. The van der Waals surface area contributed by atoms with Crippen LogP contribution in [-0.4, -0.2) is 34.3 Å². The zero-order valence-corrected chi connectivity index (χ0v) is 7.37. The van der Waals surface area contributed by atoms with Gasteiger partial charge in [0.2, 0.25) is 0 Å². The largest absolute Gasteiger partial charge is 0.477 e. The quantitative estimate of drug-likeness (QED) is 0.594. The van der Waals surface area contributed by atoms with E-state index >= 15 is 0 Å². The van der Waals surface area contributed by atoms with Crippen LogP contribution in [0.3, 0.4) is 0 Å². The van der Waals surface area contributed by atoms with E-state index in [-0.39, 0.29) is 0 Å². The summed E-state index contributed by atoms with van der Waals surface area (Å²) in [6, 6.07) is -1.26. The summed E-state index contributed by atoms with van der Waals surface area (Å²) in [5, 5.41) is 17.0. The lowest BCUT2D eigenvalue weighted by Gasteiger charge is -2.26. The molecule has 13 heavy (non-hydrogen) atoms. The summed E-state index contributed by atoms with van der Waals surface area (Å²) >= 11 is 0. The molecule has 0 heterocycles. The maximum Gasteiger partial charge on any atom is 0.377 e. The molecule has 0 aliphatic heterocycles. The molecule has 0 aromatic carbocycles. The Morgan fingerprint density at radius 3 is 2.08 bits per heavy atom. The molecule has 78 valence electrons. The molecule has 6 heteroatoms. The van der Waals surface area contributed by atoms with Crippen molar-refractivity contribution in [2.45, 2.75) is 31.9 Å². The van der Waals surface area contributed by atoms with E-state index in [1.807, 2.05) is 0 Å². The van der Waals surface area contributed by atoms with Gasteiger partial charge >= 0.3 is 11.9 Å². The fourth-order valence-corrected chi connectivity index (χ4v) is 0.733. The maximum atomic E-state index is 12.6. The number of carboxylic acid groups (broad SMARTS) is 1. The number of alkyl halides is 2. The fourth-order valence-electron chi connectivity index (χ4n) is 0.733. The molecule has 4 N–H and O–H groups in total. The van der Waals surface area contributed by atoms with E-state index in [1.54, 1.807) is 0 Å². The smallest absolute Gasteiger partial charge is 0.377 e. The molecule has 0 amide bonds. The van der Waals surface area contributed by atoms with Gasteiger partial charge in [-0.15, -0.1) is 0 Å². The molecule has 0 saturated heterocycles. The van der Waals surface area contributed by atoms with Crippen molar-refractivity contribution in [2.75, 3.05) is 0 Å². The van der Waals surface area contributed by atoms with Crippen molar-refractivity contribution in [3.8, 4) is 0 Å². The number of carbonyl (C=O) groups is 1. The molecular formula is C7H13F2NO3. The van der Waals surface area contributed by atoms with Gasteiger partial charge in [0.15, 0.2) is 0 Å². The van der Waals surface area contributed by atoms with E-state index < -0.39 is 30.0 Å². The molecule has 0 aliphatic rings. The van der Waals surface area contributed by atoms with Crippen molar-refractivity contribution in [3.05, 3.63) is 0 Å². The van der Waals surface area contributed by atoms with Crippen LogP contribution in [0.4, 0.5) is 8.78 Å². The third-order valence-corrected chi connectivity index (χ3v) is 1.79. The highest BCUT2D eigenvalue weighted by Crippen LogP contribution is 2.23. The summed E-state index contributed by atoms with van der Waals surface area (Å²) in [4.78, 5) is 10.0. The Hall–Kier alpha value is -0.750. The Morgan fingerprint density at radius 1 is 1.46 bits per heavy atom. The van der Waals surface area contributed by atoms with E-state index in [9.17, 15) is 13.6 Å². The van der Waals surface area contributed by atoms with Gasteiger partial charge < -0.3 is 15.9 Å². The van der Waals surface area contributed by atoms with Gasteiger partial charge in [-0.1, -0.05) is 13.8 Å². The number of hydrogen-bond donors (Lipinski definition) is 3. The summed E-state index contributed by atoms with van der Waals surface area (Å²) in [5.74, 6) is -6.97. The number of rotatable bonds is 4. The van der Waals surface area contributed by atoms with Gasteiger partial charge in [0.25, 0.3) is 0 Å². The highest BCUT2D eigenvalue weighted by atomic mass is 19.3. The van der Waals surface area contributed by atoms with Crippen LogP contribution in [-0.2, 0) is 4.79 Å². The number of carboxylic acids is 1. The normalized spacial score (nSPS) is 17.2. The van der Waals surface area contributed by atoms with Crippen molar-refractivity contribution in [1.82, 2.24) is 0 Å². The van der Waals surface area contributed by atoms with Gasteiger partial charge in [-0.3, -0.25) is 0 Å². The molecule has 0 saturated carbocycles. The number of halogens is 2. The van der Waals surface area contributed by atoms with Crippen molar-refractivity contribution in [2.24, 2.45) is 11.7 Å². The Morgan fingerprint density at radius 2 is 1.85 bits per heavy atom. The molecule has 0 bridgehead atoms. The van der Waals surface area contributed by atoms with Crippen molar-refractivity contribution >= 4 is 5.97 Å². The summed E-state index contributed by atoms with van der Waals surface area (Å²) < 4.78 is 25.2. The lowest BCUT2D eigenvalue weighted by Crippen LogP contribution is -2.53. The van der Waals surface area contributed by atoms with Crippen molar-refractivity contribution < 1.29 is 23.8 Å². The minimum atomic E-state index is -4.19. The van der Waals surface area contributed by atoms with Crippen LogP contribution in [0.2, 0.25) is 0 Å². The third-order valence-electron chi connectivity index (χ3n) is 1.79. The van der Waals surface area contributed by atoms with Crippen LogP contribution in [0.1, 0.15) is 13.8 Å². The Balaban J connectivity index is 4.58. The number of aliphatic hydroxyl groups excluding tert-OH is 1. The second-order valence-corrected chi connectivity index (χ2v) is 3.19. The monoisotopic (exact) mass is 197 g/mol. The van der Waals surface area contributed by atoms with Crippen LogP contribution in [0.5, 0.6) is 0 Å². The summed E-state index contributed by atoms with van der Waals surface area (Å²) in [7, 11) is 0. The van der Waals surface area contributed by atoms with Crippen LogP contribution in [0.25, 0.3) is 0 Å². The van der Waals surface area contributed by atoms with Crippen LogP contribution in [0, 0.1) is 5.92 Å². The average Bonchev–Trinajstić information content (AvgIpc) is 2.01. The second kappa shape index (κ2) is 3.97. The minimum absolute atomic E-state index is 0.416. The van der Waals surface area contributed by atoms with Crippen molar-refractivity contribution in [1.29, 1.82) is 0 Å². The van der Waals surface area contributed by atoms with E-state index in [1.165, 1.54) is 13.8 Å². The first-order chi connectivity index (χ1) is 5.71. The molecule has 0 rings (SSSR count). The topological polar surface area (TPSA) is 83.5 Å². The Kier molecular flexibility index (Phi) is 3.74. The van der Waals surface area contributed by atoms with Gasteiger partial charge in [0.1, 0.15) is 6.10 Å². The van der Waals surface area contributed by atoms with Gasteiger partial charge in [0, 0.05) is 6.04 Å². The summed E-state index contributed by atoms with van der Waals surface area (Å²) in [6.07, 6.45) is -2.36. The SMILES string of the molecule is CC(C)C(N)C(O)C(F)(F)C(=O)O. The minimum Gasteiger partial charge on any atom is -0.477 e. The number of nitrogens with two attached hydrogens (primary N) is 1. The second-order valence-electron chi connectivity index (χ2n) is 3.19. The third kappa shape index (κ3) is 2.60. The first-order valence-corrected chi connectivity index (χ1v) is 3.76. The van der Waals surface area contributed by atoms with Crippen molar-refractivity contribution in [3.63, 3.8) is 0 Å². The molecule has 2 unspecified atom stereocenters. The zero-order chi connectivity index (χ0) is 10.8. The van der Waals surface area contributed by atoms with E-state index in [0.29, 0.717) is 0 Å².